The van der Waals surface area contributed by atoms with Crippen LogP contribution >= 0.6 is 0 Å². The molecule has 0 bridgehead atoms. The van der Waals surface area contributed by atoms with E-state index in [0.29, 0.717) is 6.04 Å². The molecule has 1 aliphatic rings. The summed E-state index contributed by atoms with van der Waals surface area (Å²) in [5.74, 6) is 0.996. The molecule has 0 saturated carbocycles. The number of rotatable bonds is 9. The molecule has 0 radical (unpaired) electrons. The van der Waals surface area contributed by atoms with Crippen LogP contribution in [0, 0.1) is 0 Å². The molecule has 1 atom stereocenters. The number of aromatic amines is 1. The van der Waals surface area contributed by atoms with Crippen LogP contribution in [0.25, 0.3) is 11.0 Å². The van der Waals surface area contributed by atoms with Crippen molar-refractivity contribution in [2.75, 3.05) is 13.1 Å². The number of amides is 1. The molecular formula is C22H27N5O. The van der Waals surface area contributed by atoms with Gasteiger partial charge in [-0.15, -0.1) is 0 Å². The molecule has 6 heteroatoms. The summed E-state index contributed by atoms with van der Waals surface area (Å²) >= 11 is 0. The number of carbonyl (C=O) groups excluding carboxylic acids is 1. The molecule has 3 aromatic rings. The minimum absolute atomic E-state index is 0.317. The Labute approximate surface area is 165 Å². The summed E-state index contributed by atoms with van der Waals surface area (Å²) in [6.07, 6.45) is 8.10. The fraction of sp³-hybridized carbons (Fsp3) is 0.409. The van der Waals surface area contributed by atoms with Gasteiger partial charge in [-0.1, -0.05) is 18.2 Å². The normalized spacial score (nSPS) is 16.2. The first-order valence-corrected chi connectivity index (χ1v) is 10.1. The summed E-state index contributed by atoms with van der Waals surface area (Å²) in [6, 6.07) is 12.7. The fourth-order valence-electron chi connectivity index (χ4n) is 4.16. The number of pyridine rings is 1. The van der Waals surface area contributed by atoms with E-state index in [9.17, 15) is 4.79 Å². The molecule has 0 aliphatic heterocycles. The number of unbranched alkanes of at least 4 members (excludes halogenated alkanes) is 1. The van der Waals surface area contributed by atoms with Crippen LogP contribution in [-0.2, 0) is 17.8 Å². The number of benzene rings is 1. The minimum Gasteiger partial charge on any atom is -0.359 e. The van der Waals surface area contributed by atoms with Crippen molar-refractivity contribution in [1.29, 1.82) is 0 Å². The number of H-pyrrole nitrogens is 1. The zero-order valence-electron chi connectivity index (χ0n) is 16.1. The molecule has 1 amide bonds. The van der Waals surface area contributed by atoms with Gasteiger partial charge >= 0.3 is 0 Å². The number of para-hydroxylation sites is 2. The molecule has 1 aromatic carbocycles. The van der Waals surface area contributed by atoms with Gasteiger partial charge in [0.1, 0.15) is 5.82 Å². The zero-order chi connectivity index (χ0) is 19.2. The Morgan fingerprint density at radius 1 is 1.21 bits per heavy atom. The number of nitrogens with zero attached hydrogens (tertiary/aromatic N) is 3. The third kappa shape index (κ3) is 4.22. The van der Waals surface area contributed by atoms with Crippen LogP contribution in [0.2, 0.25) is 0 Å². The predicted molar refractivity (Wildman–Crippen MR) is 110 cm³/mol. The molecule has 28 heavy (non-hydrogen) atoms. The number of fused-ring (bicyclic) bond motifs is 2. The third-order valence-electron chi connectivity index (χ3n) is 5.50. The SMILES string of the molecule is O=CNCCCCN(Cc1nc2ccccc2[nH]1)[C@H]1CCCc2cccnc21. The maximum atomic E-state index is 10.5. The number of hydrogen-bond donors (Lipinski definition) is 2. The van der Waals surface area contributed by atoms with Gasteiger partial charge in [-0.05, 0) is 62.4 Å². The lowest BCUT2D eigenvalue weighted by Crippen LogP contribution is -2.33. The largest absolute Gasteiger partial charge is 0.359 e. The van der Waals surface area contributed by atoms with E-state index in [1.807, 2.05) is 30.5 Å². The first-order valence-electron chi connectivity index (χ1n) is 10.1. The number of aromatic nitrogens is 3. The van der Waals surface area contributed by atoms with E-state index in [1.54, 1.807) is 0 Å². The lowest BCUT2D eigenvalue weighted by atomic mass is 9.90. The number of hydrogen-bond acceptors (Lipinski definition) is 4. The zero-order valence-corrected chi connectivity index (χ0v) is 16.1. The number of nitrogens with one attached hydrogen (secondary N) is 2. The molecule has 4 rings (SSSR count). The van der Waals surface area contributed by atoms with Gasteiger partial charge in [0.2, 0.25) is 6.41 Å². The second kappa shape index (κ2) is 8.97. The first kappa shape index (κ1) is 18.6. The quantitative estimate of drug-likeness (QED) is 0.443. The number of aryl methyl sites for hydroxylation is 1. The Morgan fingerprint density at radius 3 is 3.04 bits per heavy atom. The summed E-state index contributed by atoms with van der Waals surface area (Å²) in [5, 5.41) is 2.75. The molecule has 6 nitrogen and oxygen atoms in total. The van der Waals surface area contributed by atoms with Gasteiger partial charge < -0.3 is 10.3 Å². The molecule has 1 aliphatic carbocycles. The van der Waals surface area contributed by atoms with Crippen molar-refractivity contribution in [1.82, 2.24) is 25.2 Å². The molecule has 0 spiro atoms. The van der Waals surface area contributed by atoms with E-state index < -0.39 is 0 Å². The number of imidazole rings is 1. The van der Waals surface area contributed by atoms with Crippen LogP contribution in [0.1, 0.15) is 48.8 Å². The van der Waals surface area contributed by atoms with Gasteiger partial charge in [0.25, 0.3) is 0 Å². The standard InChI is InChI=1S/C22H27N5O/c28-16-23-12-3-4-14-27(15-21-25-18-9-1-2-10-19(18)26-21)20-11-5-7-17-8-6-13-24-22(17)20/h1-2,6,8-10,13,16,20H,3-5,7,11-12,14-15H2,(H,23,28)(H,25,26)/t20-/m0/s1. The van der Waals surface area contributed by atoms with Crippen molar-refractivity contribution in [3.63, 3.8) is 0 Å². The second-order valence-electron chi connectivity index (χ2n) is 7.41. The topological polar surface area (TPSA) is 73.9 Å². The summed E-state index contributed by atoms with van der Waals surface area (Å²) in [5.41, 5.74) is 4.68. The van der Waals surface area contributed by atoms with E-state index in [1.165, 1.54) is 17.7 Å². The van der Waals surface area contributed by atoms with Crippen molar-refractivity contribution in [2.45, 2.75) is 44.7 Å². The Hall–Kier alpha value is -2.73. The van der Waals surface area contributed by atoms with E-state index in [2.05, 4.69) is 27.3 Å². The maximum Gasteiger partial charge on any atom is 0.207 e. The third-order valence-corrected chi connectivity index (χ3v) is 5.50. The highest BCUT2D eigenvalue weighted by atomic mass is 16.1. The summed E-state index contributed by atoms with van der Waals surface area (Å²) in [6.45, 7) is 2.45. The van der Waals surface area contributed by atoms with Gasteiger partial charge in [0.15, 0.2) is 0 Å². The smallest absolute Gasteiger partial charge is 0.207 e. The summed E-state index contributed by atoms with van der Waals surface area (Å²) < 4.78 is 0. The van der Waals surface area contributed by atoms with Gasteiger partial charge in [-0.2, -0.15) is 0 Å². The molecule has 2 heterocycles. The monoisotopic (exact) mass is 377 g/mol. The van der Waals surface area contributed by atoms with Crippen molar-refractivity contribution in [3.8, 4) is 0 Å². The van der Waals surface area contributed by atoms with Gasteiger partial charge in [-0.3, -0.25) is 14.7 Å². The van der Waals surface area contributed by atoms with Crippen LogP contribution in [-0.4, -0.2) is 39.4 Å². The van der Waals surface area contributed by atoms with E-state index in [4.69, 9.17) is 9.97 Å². The van der Waals surface area contributed by atoms with Gasteiger partial charge in [0.05, 0.1) is 29.3 Å². The minimum atomic E-state index is 0.317. The van der Waals surface area contributed by atoms with Crippen molar-refractivity contribution >= 4 is 17.4 Å². The Kier molecular flexibility index (Phi) is 5.97. The second-order valence-corrected chi connectivity index (χ2v) is 7.41. The molecule has 146 valence electrons. The first-order chi connectivity index (χ1) is 13.8. The Bertz CT molecular complexity index is 889. The van der Waals surface area contributed by atoms with Crippen molar-refractivity contribution < 1.29 is 4.79 Å². The molecule has 2 N–H and O–H groups in total. The molecule has 0 fully saturated rings. The van der Waals surface area contributed by atoms with Crippen molar-refractivity contribution in [2.24, 2.45) is 0 Å². The average molecular weight is 377 g/mol. The van der Waals surface area contributed by atoms with Crippen LogP contribution < -0.4 is 5.32 Å². The Morgan fingerprint density at radius 2 is 2.14 bits per heavy atom. The number of carbonyl (C=O) groups is 1. The van der Waals surface area contributed by atoms with Crippen LogP contribution in [0.4, 0.5) is 0 Å². The Balaban J connectivity index is 1.54. The molecule has 0 saturated heterocycles. The van der Waals surface area contributed by atoms with Gasteiger partial charge in [-0.25, -0.2) is 4.98 Å². The lowest BCUT2D eigenvalue weighted by molar-refractivity contribution is -0.109. The fourth-order valence-corrected chi connectivity index (χ4v) is 4.16. The van der Waals surface area contributed by atoms with E-state index >= 15 is 0 Å². The molecular weight excluding hydrogens is 350 g/mol. The average Bonchev–Trinajstić information content (AvgIpc) is 3.15. The highest BCUT2D eigenvalue weighted by molar-refractivity contribution is 5.74. The highest BCUT2D eigenvalue weighted by Gasteiger charge is 2.27. The maximum absolute atomic E-state index is 10.5. The van der Waals surface area contributed by atoms with Crippen LogP contribution in [0.15, 0.2) is 42.6 Å². The summed E-state index contributed by atoms with van der Waals surface area (Å²) in [4.78, 5) is 26.0. The van der Waals surface area contributed by atoms with E-state index in [0.717, 1.165) is 68.6 Å². The molecule has 0 unspecified atom stereocenters. The van der Waals surface area contributed by atoms with Gasteiger partial charge in [0, 0.05) is 12.7 Å². The van der Waals surface area contributed by atoms with Crippen LogP contribution in [0.5, 0.6) is 0 Å². The highest BCUT2D eigenvalue weighted by Crippen LogP contribution is 2.33. The van der Waals surface area contributed by atoms with Crippen LogP contribution in [0.3, 0.4) is 0 Å². The van der Waals surface area contributed by atoms with E-state index in [-0.39, 0.29) is 0 Å². The summed E-state index contributed by atoms with van der Waals surface area (Å²) in [7, 11) is 0. The van der Waals surface area contributed by atoms with Crippen molar-refractivity contribution in [3.05, 3.63) is 59.7 Å². The predicted octanol–water partition coefficient (Wildman–Crippen LogP) is 3.36. The lowest BCUT2D eigenvalue weighted by Gasteiger charge is -2.34. The molecule has 2 aromatic heterocycles.